The van der Waals surface area contributed by atoms with Crippen molar-refractivity contribution in [3.8, 4) is 0 Å². The Morgan fingerprint density at radius 2 is 2.00 bits per heavy atom. The molecule has 0 aliphatic rings. The van der Waals surface area contributed by atoms with E-state index in [1.54, 1.807) is 38.1 Å². The van der Waals surface area contributed by atoms with Crippen molar-refractivity contribution in [2.75, 3.05) is 5.75 Å². The highest BCUT2D eigenvalue weighted by Gasteiger charge is 2.22. The van der Waals surface area contributed by atoms with Crippen LogP contribution >= 0.6 is 11.8 Å². The van der Waals surface area contributed by atoms with Gasteiger partial charge in [0.05, 0.1) is 10.6 Å². The number of carboxylic acids is 1. The number of alkyl carbamates (subject to hydrolysis) is 1. The van der Waals surface area contributed by atoms with Gasteiger partial charge in [0.25, 0.3) is 5.69 Å². The molecule has 2 N–H and O–H groups in total. The summed E-state index contributed by atoms with van der Waals surface area (Å²) in [4.78, 5) is 38.2. The Bertz CT molecular complexity index is 891. The number of aryl methyl sites for hydroxylation is 1. The van der Waals surface area contributed by atoms with Gasteiger partial charge >= 0.3 is 12.1 Å². The van der Waals surface area contributed by atoms with E-state index in [0.29, 0.717) is 16.8 Å². The van der Waals surface area contributed by atoms with E-state index < -0.39 is 23.0 Å². The van der Waals surface area contributed by atoms with Crippen molar-refractivity contribution in [3.05, 3.63) is 69.0 Å². The van der Waals surface area contributed by atoms with Crippen molar-refractivity contribution in [2.24, 2.45) is 0 Å². The molecule has 0 saturated carbocycles. The molecule has 1 aromatic carbocycles. The van der Waals surface area contributed by atoms with Gasteiger partial charge in [-0.25, -0.2) is 9.59 Å². The van der Waals surface area contributed by atoms with E-state index in [-0.39, 0.29) is 23.8 Å². The van der Waals surface area contributed by atoms with Crippen LogP contribution in [0.2, 0.25) is 0 Å². The molecular formula is C19H21N3O6S. The highest BCUT2D eigenvalue weighted by atomic mass is 32.2. The van der Waals surface area contributed by atoms with Crippen LogP contribution in [-0.4, -0.2) is 38.9 Å². The molecule has 1 heterocycles. The molecule has 1 amide bonds. The Morgan fingerprint density at radius 3 is 2.62 bits per heavy atom. The standard InChI is InChI=1S/C19H21N3O6S/c1-12-8-20-15(13(2)17(12)22(26)27)10-29-11-16(18(23)24)21-19(25)28-9-14-6-4-3-5-7-14/h3-8,16H,9-11H2,1-2H3,(H,21,25)(H,23,24). The van der Waals surface area contributed by atoms with E-state index in [9.17, 15) is 24.8 Å². The van der Waals surface area contributed by atoms with Gasteiger partial charge in [-0.15, -0.1) is 0 Å². The summed E-state index contributed by atoms with van der Waals surface area (Å²) < 4.78 is 5.04. The number of carboxylic acid groups (broad SMARTS) is 1. The zero-order valence-electron chi connectivity index (χ0n) is 16.0. The maximum atomic E-state index is 11.9. The van der Waals surface area contributed by atoms with Crippen molar-refractivity contribution < 1.29 is 24.4 Å². The number of carbonyl (C=O) groups excluding carboxylic acids is 1. The Kier molecular flexibility index (Phi) is 7.96. The third-order valence-electron chi connectivity index (χ3n) is 4.08. The molecule has 1 aromatic heterocycles. The fourth-order valence-corrected chi connectivity index (χ4v) is 3.61. The lowest BCUT2D eigenvalue weighted by Gasteiger charge is -2.15. The Morgan fingerprint density at radius 1 is 1.31 bits per heavy atom. The van der Waals surface area contributed by atoms with Gasteiger partial charge in [0, 0.05) is 28.8 Å². The summed E-state index contributed by atoms with van der Waals surface area (Å²) in [5.41, 5.74) is 2.21. The van der Waals surface area contributed by atoms with Crippen LogP contribution in [0.1, 0.15) is 22.4 Å². The summed E-state index contributed by atoms with van der Waals surface area (Å²) in [5.74, 6) is -0.871. The normalized spacial score (nSPS) is 11.5. The first kappa shape index (κ1) is 22.2. The summed E-state index contributed by atoms with van der Waals surface area (Å²) in [6.45, 7) is 3.25. The molecule has 0 bridgehead atoms. The minimum Gasteiger partial charge on any atom is -0.480 e. The molecule has 154 valence electrons. The molecule has 2 rings (SSSR count). The number of carbonyl (C=O) groups is 2. The minimum absolute atomic E-state index is 0.00741. The first-order valence-corrected chi connectivity index (χ1v) is 9.82. The van der Waals surface area contributed by atoms with Crippen molar-refractivity contribution in [1.29, 1.82) is 0 Å². The summed E-state index contributed by atoms with van der Waals surface area (Å²) in [6.07, 6.45) is 0.594. The van der Waals surface area contributed by atoms with Gasteiger partial charge in [-0.1, -0.05) is 30.3 Å². The number of aromatic nitrogens is 1. The predicted molar refractivity (Wildman–Crippen MR) is 108 cm³/mol. The lowest BCUT2D eigenvalue weighted by atomic mass is 10.1. The van der Waals surface area contributed by atoms with E-state index in [2.05, 4.69) is 10.3 Å². The predicted octanol–water partition coefficient (Wildman–Crippen LogP) is 3.22. The van der Waals surface area contributed by atoms with Crippen molar-refractivity contribution in [1.82, 2.24) is 10.3 Å². The summed E-state index contributed by atoms with van der Waals surface area (Å²) in [7, 11) is 0. The lowest BCUT2D eigenvalue weighted by molar-refractivity contribution is -0.386. The maximum absolute atomic E-state index is 11.9. The molecule has 10 heteroatoms. The monoisotopic (exact) mass is 419 g/mol. The second-order valence-electron chi connectivity index (χ2n) is 6.23. The van der Waals surface area contributed by atoms with E-state index in [1.165, 1.54) is 18.0 Å². The first-order valence-electron chi connectivity index (χ1n) is 8.66. The maximum Gasteiger partial charge on any atom is 0.408 e. The summed E-state index contributed by atoms with van der Waals surface area (Å²) in [5, 5.41) is 22.8. The number of thioether (sulfide) groups is 1. The summed E-state index contributed by atoms with van der Waals surface area (Å²) >= 11 is 1.20. The number of hydrogen-bond donors (Lipinski definition) is 2. The van der Waals surface area contributed by atoms with Gasteiger partial charge in [0.2, 0.25) is 0 Å². The van der Waals surface area contributed by atoms with Crippen LogP contribution in [0.5, 0.6) is 0 Å². The SMILES string of the molecule is Cc1cnc(CSCC(NC(=O)OCc2ccccc2)C(=O)O)c(C)c1[N+](=O)[O-]. The number of nitrogens with one attached hydrogen (secondary N) is 1. The van der Waals surface area contributed by atoms with E-state index >= 15 is 0 Å². The van der Waals surface area contributed by atoms with Crippen LogP contribution in [0.25, 0.3) is 0 Å². The number of nitrogens with zero attached hydrogens (tertiary/aromatic N) is 2. The average molecular weight is 419 g/mol. The topological polar surface area (TPSA) is 132 Å². The third-order valence-corrected chi connectivity index (χ3v) is 5.13. The molecule has 9 nitrogen and oxygen atoms in total. The van der Waals surface area contributed by atoms with Crippen LogP contribution in [0.4, 0.5) is 10.5 Å². The Labute approximate surface area is 171 Å². The van der Waals surface area contributed by atoms with Crippen molar-refractivity contribution in [2.45, 2.75) is 32.2 Å². The average Bonchev–Trinajstić information content (AvgIpc) is 2.67. The van der Waals surface area contributed by atoms with Gasteiger partial charge in [0.1, 0.15) is 12.6 Å². The van der Waals surface area contributed by atoms with Gasteiger partial charge in [0.15, 0.2) is 0 Å². The van der Waals surface area contributed by atoms with Crippen LogP contribution in [0, 0.1) is 24.0 Å². The van der Waals surface area contributed by atoms with Gasteiger partial charge in [-0.2, -0.15) is 11.8 Å². The molecular weight excluding hydrogens is 398 g/mol. The number of rotatable bonds is 9. The Balaban J connectivity index is 1.90. The summed E-state index contributed by atoms with van der Waals surface area (Å²) in [6, 6.07) is 7.85. The smallest absolute Gasteiger partial charge is 0.408 e. The van der Waals surface area contributed by atoms with Crippen LogP contribution in [-0.2, 0) is 21.9 Å². The molecule has 29 heavy (non-hydrogen) atoms. The largest absolute Gasteiger partial charge is 0.480 e. The molecule has 1 atom stereocenters. The highest BCUT2D eigenvalue weighted by Crippen LogP contribution is 2.26. The van der Waals surface area contributed by atoms with Crippen LogP contribution in [0.3, 0.4) is 0 Å². The quantitative estimate of drug-likeness (QED) is 0.468. The molecule has 0 aliphatic carbocycles. The fourth-order valence-electron chi connectivity index (χ4n) is 2.55. The number of ether oxygens (including phenoxy) is 1. The molecule has 0 aliphatic heterocycles. The van der Waals surface area contributed by atoms with E-state index in [1.807, 2.05) is 6.07 Å². The van der Waals surface area contributed by atoms with Crippen LogP contribution < -0.4 is 5.32 Å². The number of nitro groups is 1. The van der Waals surface area contributed by atoms with Crippen LogP contribution in [0.15, 0.2) is 36.5 Å². The molecule has 2 aromatic rings. The molecule has 0 spiro atoms. The minimum atomic E-state index is -1.20. The third kappa shape index (κ3) is 6.46. The molecule has 0 radical (unpaired) electrons. The fraction of sp³-hybridized carbons (Fsp3) is 0.316. The second kappa shape index (κ2) is 10.4. The second-order valence-corrected chi connectivity index (χ2v) is 7.26. The molecule has 0 fully saturated rings. The van der Waals surface area contributed by atoms with E-state index in [4.69, 9.17) is 4.74 Å². The van der Waals surface area contributed by atoms with Gasteiger partial charge in [-0.3, -0.25) is 15.1 Å². The first-order chi connectivity index (χ1) is 13.8. The van der Waals surface area contributed by atoms with Gasteiger partial charge < -0.3 is 15.2 Å². The molecule has 0 saturated heterocycles. The molecule has 1 unspecified atom stereocenters. The number of benzene rings is 1. The van der Waals surface area contributed by atoms with E-state index in [0.717, 1.165) is 5.56 Å². The zero-order chi connectivity index (χ0) is 21.4. The van der Waals surface area contributed by atoms with Crippen molar-refractivity contribution >= 4 is 29.5 Å². The Hall–Kier alpha value is -3.14. The van der Waals surface area contributed by atoms with Crippen molar-refractivity contribution in [3.63, 3.8) is 0 Å². The number of aliphatic carboxylic acids is 1. The highest BCUT2D eigenvalue weighted by molar-refractivity contribution is 7.98. The number of amides is 1. The zero-order valence-corrected chi connectivity index (χ0v) is 16.8. The van der Waals surface area contributed by atoms with Gasteiger partial charge in [-0.05, 0) is 19.4 Å². The lowest BCUT2D eigenvalue weighted by Crippen LogP contribution is -2.42. The number of hydrogen-bond acceptors (Lipinski definition) is 7. The number of pyridine rings is 1.